The summed E-state index contributed by atoms with van der Waals surface area (Å²) in [6.07, 6.45) is 9.12. The van der Waals surface area contributed by atoms with Crippen LogP contribution in [0, 0.1) is 23.7 Å². The lowest BCUT2D eigenvalue weighted by Gasteiger charge is -2.57. The third-order valence-electron chi connectivity index (χ3n) is 6.78. The Bertz CT molecular complexity index is 558. The SMILES string of the molecule is O=C(NC12CC3CC(CC(C3)C1)C2)C1CC1c1ccccc1. The molecule has 5 fully saturated rings. The van der Waals surface area contributed by atoms with Gasteiger partial charge in [-0.25, -0.2) is 0 Å². The van der Waals surface area contributed by atoms with Crippen molar-refractivity contribution in [3.63, 3.8) is 0 Å². The normalized spacial score (nSPS) is 44.8. The van der Waals surface area contributed by atoms with Crippen molar-refractivity contribution in [1.82, 2.24) is 5.32 Å². The third kappa shape index (κ3) is 2.11. The molecular formula is C20H25NO. The second kappa shape index (κ2) is 4.59. The van der Waals surface area contributed by atoms with Crippen LogP contribution >= 0.6 is 0 Å². The number of benzene rings is 1. The second-order valence-electron chi connectivity index (χ2n) is 8.55. The van der Waals surface area contributed by atoms with Crippen LogP contribution in [0.1, 0.15) is 56.4 Å². The fourth-order valence-electron chi connectivity index (χ4n) is 6.17. The minimum absolute atomic E-state index is 0.176. The first-order valence-corrected chi connectivity index (χ1v) is 9.08. The molecule has 22 heavy (non-hydrogen) atoms. The summed E-state index contributed by atoms with van der Waals surface area (Å²) in [5.41, 5.74) is 1.52. The summed E-state index contributed by atoms with van der Waals surface area (Å²) < 4.78 is 0. The van der Waals surface area contributed by atoms with E-state index in [0.29, 0.717) is 11.8 Å². The first-order chi connectivity index (χ1) is 10.7. The molecule has 1 N–H and O–H groups in total. The van der Waals surface area contributed by atoms with Crippen LogP contribution in [0.2, 0.25) is 0 Å². The Morgan fingerprint density at radius 3 is 2.09 bits per heavy atom. The summed E-state index contributed by atoms with van der Waals surface area (Å²) in [6.45, 7) is 0. The number of rotatable bonds is 3. The van der Waals surface area contributed by atoms with Crippen molar-refractivity contribution in [2.24, 2.45) is 23.7 Å². The molecule has 0 heterocycles. The van der Waals surface area contributed by atoms with Crippen molar-refractivity contribution < 1.29 is 4.79 Å². The van der Waals surface area contributed by atoms with Gasteiger partial charge in [-0.2, -0.15) is 0 Å². The highest BCUT2D eigenvalue weighted by molar-refractivity contribution is 5.83. The molecule has 0 spiro atoms. The highest BCUT2D eigenvalue weighted by atomic mass is 16.2. The first-order valence-electron chi connectivity index (χ1n) is 9.08. The molecule has 5 aliphatic carbocycles. The van der Waals surface area contributed by atoms with E-state index >= 15 is 0 Å². The molecule has 2 unspecified atom stereocenters. The van der Waals surface area contributed by atoms with Crippen LogP contribution in [-0.4, -0.2) is 11.4 Å². The summed E-state index contributed by atoms with van der Waals surface area (Å²) in [5, 5.41) is 3.55. The molecule has 2 atom stereocenters. The molecule has 0 aromatic heterocycles. The Hall–Kier alpha value is -1.31. The number of nitrogens with one attached hydrogen (secondary N) is 1. The zero-order valence-corrected chi connectivity index (χ0v) is 13.1. The highest BCUT2D eigenvalue weighted by Gasteiger charge is 2.53. The maximum absolute atomic E-state index is 12.8. The summed E-state index contributed by atoms with van der Waals surface area (Å²) in [7, 11) is 0. The Morgan fingerprint density at radius 2 is 1.50 bits per heavy atom. The first kappa shape index (κ1) is 13.2. The smallest absolute Gasteiger partial charge is 0.224 e. The van der Waals surface area contributed by atoms with E-state index in [9.17, 15) is 4.79 Å². The molecule has 2 heteroatoms. The van der Waals surface area contributed by atoms with Crippen molar-refractivity contribution in [1.29, 1.82) is 0 Å². The molecule has 6 rings (SSSR count). The van der Waals surface area contributed by atoms with Gasteiger partial charge in [0.1, 0.15) is 0 Å². The Kier molecular flexibility index (Phi) is 2.75. The average Bonchev–Trinajstić information content (AvgIpc) is 3.26. The van der Waals surface area contributed by atoms with Gasteiger partial charge in [0.15, 0.2) is 0 Å². The van der Waals surface area contributed by atoms with Crippen LogP contribution in [-0.2, 0) is 4.79 Å². The van der Waals surface area contributed by atoms with Crippen molar-refractivity contribution in [3.05, 3.63) is 35.9 Å². The molecule has 1 amide bonds. The van der Waals surface area contributed by atoms with E-state index < -0.39 is 0 Å². The Morgan fingerprint density at radius 1 is 0.909 bits per heavy atom. The molecule has 4 bridgehead atoms. The van der Waals surface area contributed by atoms with Crippen LogP contribution < -0.4 is 5.32 Å². The maximum Gasteiger partial charge on any atom is 0.224 e. The zero-order valence-electron chi connectivity index (χ0n) is 13.1. The number of hydrogen-bond acceptors (Lipinski definition) is 1. The van der Waals surface area contributed by atoms with Gasteiger partial charge in [-0.15, -0.1) is 0 Å². The molecule has 5 aliphatic rings. The number of amides is 1. The zero-order chi connectivity index (χ0) is 14.7. The molecule has 5 saturated carbocycles. The fraction of sp³-hybridized carbons (Fsp3) is 0.650. The van der Waals surface area contributed by atoms with E-state index in [0.717, 1.165) is 24.2 Å². The highest BCUT2D eigenvalue weighted by Crippen LogP contribution is 2.56. The lowest BCUT2D eigenvalue weighted by Crippen LogP contribution is -2.60. The average molecular weight is 295 g/mol. The van der Waals surface area contributed by atoms with Gasteiger partial charge in [-0.3, -0.25) is 4.79 Å². The van der Waals surface area contributed by atoms with Gasteiger partial charge in [0.25, 0.3) is 0 Å². The van der Waals surface area contributed by atoms with Crippen molar-refractivity contribution in [2.45, 2.75) is 56.4 Å². The van der Waals surface area contributed by atoms with E-state index in [1.165, 1.54) is 44.1 Å². The molecule has 0 saturated heterocycles. The Balaban J connectivity index is 1.28. The van der Waals surface area contributed by atoms with Crippen molar-refractivity contribution >= 4 is 5.91 Å². The fourth-order valence-corrected chi connectivity index (χ4v) is 6.17. The molecule has 2 nitrogen and oxygen atoms in total. The lowest BCUT2D eigenvalue weighted by molar-refractivity contribution is -0.128. The standard InChI is InChI=1S/C20H25NO/c22-19(18-9-17(18)16-4-2-1-3-5-16)21-20-10-13-6-14(11-20)8-15(7-13)12-20/h1-5,13-15,17-18H,6-12H2,(H,21,22). The minimum atomic E-state index is 0.176. The molecule has 1 aromatic rings. The molecule has 1 aromatic carbocycles. The van der Waals surface area contributed by atoms with Gasteiger partial charge in [-0.1, -0.05) is 30.3 Å². The van der Waals surface area contributed by atoms with Gasteiger partial charge in [0.2, 0.25) is 5.91 Å². The topological polar surface area (TPSA) is 29.1 Å². The molecule has 0 radical (unpaired) electrons. The van der Waals surface area contributed by atoms with E-state index in [4.69, 9.17) is 0 Å². The second-order valence-corrected chi connectivity index (χ2v) is 8.55. The molecule has 0 aliphatic heterocycles. The van der Waals surface area contributed by atoms with Gasteiger partial charge in [-0.05, 0) is 74.2 Å². The van der Waals surface area contributed by atoms with Gasteiger partial charge >= 0.3 is 0 Å². The summed E-state index contributed by atoms with van der Waals surface area (Å²) in [4.78, 5) is 12.8. The summed E-state index contributed by atoms with van der Waals surface area (Å²) in [6, 6.07) is 10.6. The summed E-state index contributed by atoms with van der Waals surface area (Å²) >= 11 is 0. The minimum Gasteiger partial charge on any atom is -0.350 e. The third-order valence-corrected chi connectivity index (χ3v) is 6.78. The van der Waals surface area contributed by atoms with Gasteiger partial charge < -0.3 is 5.32 Å². The maximum atomic E-state index is 12.8. The van der Waals surface area contributed by atoms with E-state index in [1.54, 1.807) is 0 Å². The predicted octanol–water partition coefficient (Wildman–Crippen LogP) is 3.88. The van der Waals surface area contributed by atoms with Crippen LogP contribution in [0.25, 0.3) is 0 Å². The van der Waals surface area contributed by atoms with Crippen LogP contribution in [0.4, 0.5) is 0 Å². The van der Waals surface area contributed by atoms with Crippen molar-refractivity contribution in [3.8, 4) is 0 Å². The monoisotopic (exact) mass is 295 g/mol. The van der Waals surface area contributed by atoms with Crippen LogP contribution in [0.15, 0.2) is 30.3 Å². The van der Waals surface area contributed by atoms with E-state index in [2.05, 4.69) is 35.6 Å². The van der Waals surface area contributed by atoms with E-state index in [-0.39, 0.29) is 11.5 Å². The lowest BCUT2D eigenvalue weighted by atomic mass is 9.53. The Labute approximate surface area is 132 Å². The largest absolute Gasteiger partial charge is 0.350 e. The number of hydrogen-bond donors (Lipinski definition) is 1. The summed E-state index contributed by atoms with van der Waals surface area (Å²) in [5.74, 6) is 3.74. The molecular weight excluding hydrogens is 270 g/mol. The quantitative estimate of drug-likeness (QED) is 0.901. The van der Waals surface area contributed by atoms with E-state index in [1.807, 2.05) is 0 Å². The van der Waals surface area contributed by atoms with Gasteiger partial charge in [0.05, 0.1) is 0 Å². The van der Waals surface area contributed by atoms with Crippen LogP contribution in [0.5, 0.6) is 0 Å². The number of carbonyl (C=O) groups excluding carboxylic acids is 1. The predicted molar refractivity (Wildman–Crippen MR) is 86.3 cm³/mol. The van der Waals surface area contributed by atoms with Crippen LogP contribution in [0.3, 0.4) is 0 Å². The molecule has 116 valence electrons. The van der Waals surface area contributed by atoms with Gasteiger partial charge in [0, 0.05) is 11.5 Å². The van der Waals surface area contributed by atoms with Crippen molar-refractivity contribution in [2.75, 3.05) is 0 Å². The number of carbonyl (C=O) groups is 1.